The van der Waals surface area contributed by atoms with E-state index in [1.165, 1.54) is 32.1 Å². The Bertz CT molecular complexity index is 223. The van der Waals surface area contributed by atoms with Crippen molar-refractivity contribution in [3.05, 3.63) is 0 Å². The molecule has 1 saturated carbocycles. The molecule has 1 aliphatic heterocycles. The molecule has 0 aromatic carbocycles. The van der Waals surface area contributed by atoms with Crippen LogP contribution in [0.15, 0.2) is 0 Å². The Balaban J connectivity index is 1.85. The average Bonchev–Trinajstić information content (AvgIpc) is 2.40. The third-order valence-electron chi connectivity index (χ3n) is 4.94. The maximum atomic E-state index is 5.83. The summed E-state index contributed by atoms with van der Waals surface area (Å²) < 4.78 is 11.7. The Morgan fingerprint density at radius 3 is 2.00 bits per heavy atom. The first-order valence-electron chi connectivity index (χ1n) is 7.41. The van der Waals surface area contributed by atoms with Gasteiger partial charge in [-0.2, -0.15) is 0 Å². The predicted molar refractivity (Wildman–Crippen MR) is 69.8 cm³/mol. The van der Waals surface area contributed by atoms with E-state index in [1.807, 2.05) is 0 Å². The van der Waals surface area contributed by atoms with Gasteiger partial charge in [0.15, 0.2) is 6.29 Å². The van der Waals surface area contributed by atoms with E-state index in [9.17, 15) is 0 Å². The molecular formula is C15H28O2. The monoisotopic (exact) mass is 240 g/mol. The minimum atomic E-state index is 0.0510. The molecule has 0 radical (unpaired) electrons. The fourth-order valence-corrected chi connectivity index (χ4v) is 3.40. The molecule has 2 rings (SSSR count). The molecule has 0 unspecified atom stereocenters. The van der Waals surface area contributed by atoms with Gasteiger partial charge in [-0.1, -0.05) is 40.0 Å². The van der Waals surface area contributed by atoms with Gasteiger partial charge in [-0.25, -0.2) is 0 Å². The molecule has 0 amide bonds. The molecule has 1 heterocycles. The molecule has 0 spiro atoms. The minimum absolute atomic E-state index is 0.0510. The molecule has 1 aliphatic carbocycles. The Hall–Kier alpha value is -0.0800. The van der Waals surface area contributed by atoms with Crippen molar-refractivity contribution in [3.63, 3.8) is 0 Å². The van der Waals surface area contributed by atoms with Gasteiger partial charge in [0, 0.05) is 5.41 Å². The van der Waals surface area contributed by atoms with Gasteiger partial charge < -0.3 is 9.47 Å². The summed E-state index contributed by atoms with van der Waals surface area (Å²) >= 11 is 0. The molecule has 2 heteroatoms. The lowest BCUT2D eigenvalue weighted by Crippen LogP contribution is -2.45. The number of ether oxygens (including phenoxy) is 2. The standard InChI is InChI=1S/C15H28O2/c1-4-12-6-8-13(9-7-12)15(3)10-16-14(5-2)17-11-15/h12-14H,4-11H2,1-3H3. The molecule has 0 aromatic rings. The third kappa shape index (κ3) is 3.03. The largest absolute Gasteiger partial charge is 0.352 e. The minimum Gasteiger partial charge on any atom is -0.352 e. The zero-order chi connectivity index (χ0) is 12.3. The van der Waals surface area contributed by atoms with Crippen LogP contribution in [0.4, 0.5) is 0 Å². The molecule has 2 fully saturated rings. The summed E-state index contributed by atoms with van der Waals surface area (Å²) in [4.78, 5) is 0. The maximum Gasteiger partial charge on any atom is 0.157 e. The van der Waals surface area contributed by atoms with Crippen molar-refractivity contribution in [2.75, 3.05) is 13.2 Å². The quantitative estimate of drug-likeness (QED) is 0.742. The molecule has 2 nitrogen and oxygen atoms in total. The van der Waals surface area contributed by atoms with E-state index in [1.54, 1.807) is 0 Å². The van der Waals surface area contributed by atoms with Gasteiger partial charge in [-0.3, -0.25) is 0 Å². The van der Waals surface area contributed by atoms with Crippen LogP contribution in [0.25, 0.3) is 0 Å². The van der Waals surface area contributed by atoms with Crippen molar-refractivity contribution in [2.45, 2.75) is 65.6 Å². The van der Waals surface area contributed by atoms with Gasteiger partial charge in [0.1, 0.15) is 0 Å². The fraction of sp³-hybridized carbons (Fsp3) is 1.00. The van der Waals surface area contributed by atoms with E-state index in [4.69, 9.17) is 9.47 Å². The highest BCUT2D eigenvalue weighted by Gasteiger charge is 2.40. The van der Waals surface area contributed by atoms with Crippen molar-refractivity contribution >= 4 is 0 Å². The Labute approximate surface area is 106 Å². The lowest BCUT2D eigenvalue weighted by Gasteiger charge is -2.45. The van der Waals surface area contributed by atoms with Crippen LogP contribution in [0.2, 0.25) is 0 Å². The first-order chi connectivity index (χ1) is 8.18. The van der Waals surface area contributed by atoms with Crippen molar-refractivity contribution in [1.29, 1.82) is 0 Å². The molecule has 1 saturated heterocycles. The van der Waals surface area contributed by atoms with Crippen LogP contribution in [0.1, 0.15) is 59.3 Å². The molecule has 17 heavy (non-hydrogen) atoms. The molecule has 0 atom stereocenters. The lowest BCUT2D eigenvalue weighted by atomic mass is 9.68. The van der Waals surface area contributed by atoms with Gasteiger partial charge in [0.05, 0.1) is 13.2 Å². The van der Waals surface area contributed by atoms with Crippen LogP contribution < -0.4 is 0 Å². The summed E-state index contributed by atoms with van der Waals surface area (Å²) in [6.07, 6.45) is 7.95. The van der Waals surface area contributed by atoms with Crippen molar-refractivity contribution in [1.82, 2.24) is 0 Å². The first-order valence-corrected chi connectivity index (χ1v) is 7.41. The first kappa shape index (κ1) is 13.4. The van der Waals surface area contributed by atoms with E-state index in [0.717, 1.165) is 31.5 Å². The van der Waals surface area contributed by atoms with Crippen LogP contribution in [0.3, 0.4) is 0 Å². The Kier molecular flexibility index (Phi) is 4.48. The van der Waals surface area contributed by atoms with Gasteiger partial charge in [-0.15, -0.1) is 0 Å². The zero-order valence-corrected chi connectivity index (χ0v) is 11.7. The van der Waals surface area contributed by atoms with E-state index in [0.29, 0.717) is 0 Å². The molecular weight excluding hydrogens is 212 g/mol. The van der Waals surface area contributed by atoms with Crippen LogP contribution in [-0.2, 0) is 9.47 Å². The highest BCUT2D eigenvalue weighted by molar-refractivity contribution is 4.87. The van der Waals surface area contributed by atoms with E-state index in [-0.39, 0.29) is 11.7 Å². The van der Waals surface area contributed by atoms with Crippen LogP contribution in [0.5, 0.6) is 0 Å². The molecule has 0 bridgehead atoms. The van der Waals surface area contributed by atoms with Crippen molar-refractivity contribution < 1.29 is 9.47 Å². The van der Waals surface area contributed by atoms with Crippen LogP contribution in [0, 0.1) is 17.3 Å². The van der Waals surface area contributed by atoms with Crippen molar-refractivity contribution in [3.8, 4) is 0 Å². The fourth-order valence-electron chi connectivity index (χ4n) is 3.40. The number of rotatable bonds is 3. The maximum absolute atomic E-state index is 5.83. The third-order valence-corrected chi connectivity index (χ3v) is 4.94. The van der Waals surface area contributed by atoms with E-state index < -0.39 is 0 Å². The van der Waals surface area contributed by atoms with Crippen LogP contribution >= 0.6 is 0 Å². The lowest BCUT2D eigenvalue weighted by molar-refractivity contribution is -0.239. The summed E-state index contributed by atoms with van der Waals surface area (Å²) in [7, 11) is 0. The highest BCUT2D eigenvalue weighted by Crippen LogP contribution is 2.43. The Morgan fingerprint density at radius 2 is 1.53 bits per heavy atom. The SMILES string of the molecule is CCC1CCC(C2(C)COC(CC)OC2)CC1. The van der Waals surface area contributed by atoms with E-state index >= 15 is 0 Å². The molecule has 0 N–H and O–H groups in total. The summed E-state index contributed by atoms with van der Waals surface area (Å²) in [6.45, 7) is 8.60. The molecule has 0 aromatic heterocycles. The second-order valence-corrected chi connectivity index (χ2v) is 6.24. The van der Waals surface area contributed by atoms with Gasteiger partial charge in [0.25, 0.3) is 0 Å². The summed E-state index contributed by atoms with van der Waals surface area (Å²) in [5.41, 5.74) is 0.268. The second kappa shape index (κ2) is 5.71. The van der Waals surface area contributed by atoms with Crippen LogP contribution in [-0.4, -0.2) is 19.5 Å². The smallest absolute Gasteiger partial charge is 0.157 e. The average molecular weight is 240 g/mol. The summed E-state index contributed by atoms with van der Waals surface area (Å²) in [5.74, 6) is 1.78. The highest BCUT2D eigenvalue weighted by atomic mass is 16.7. The van der Waals surface area contributed by atoms with Crippen molar-refractivity contribution in [2.24, 2.45) is 17.3 Å². The topological polar surface area (TPSA) is 18.5 Å². The van der Waals surface area contributed by atoms with Gasteiger partial charge >= 0.3 is 0 Å². The summed E-state index contributed by atoms with van der Waals surface area (Å²) in [6, 6.07) is 0. The molecule has 100 valence electrons. The Morgan fingerprint density at radius 1 is 0.941 bits per heavy atom. The predicted octanol–water partition coefficient (Wildman–Crippen LogP) is 3.99. The second-order valence-electron chi connectivity index (χ2n) is 6.24. The summed E-state index contributed by atoms with van der Waals surface area (Å²) in [5, 5.41) is 0. The molecule has 2 aliphatic rings. The zero-order valence-electron chi connectivity index (χ0n) is 11.7. The van der Waals surface area contributed by atoms with Gasteiger partial charge in [0.2, 0.25) is 0 Å². The number of hydrogen-bond acceptors (Lipinski definition) is 2. The normalized spacial score (nSPS) is 43.6. The number of hydrogen-bond donors (Lipinski definition) is 0. The van der Waals surface area contributed by atoms with Gasteiger partial charge in [-0.05, 0) is 31.1 Å². The van der Waals surface area contributed by atoms with E-state index in [2.05, 4.69) is 20.8 Å².